The van der Waals surface area contributed by atoms with Crippen LogP contribution in [0.3, 0.4) is 0 Å². The molecule has 4 nitrogen and oxygen atoms in total. The molecule has 0 saturated heterocycles. The van der Waals surface area contributed by atoms with Crippen LogP contribution >= 0.6 is 22.9 Å². The number of hydrogen-bond donors (Lipinski definition) is 0. The Bertz CT molecular complexity index is 353. The van der Waals surface area contributed by atoms with Crippen LogP contribution < -0.4 is 0 Å². The second-order valence-electron chi connectivity index (χ2n) is 3.76. The summed E-state index contributed by atoms with van der Waals surface area (Å²) in [6.45, 7) is 6.15. The predicted molar refractivity (Wildman–Crippen MR) is 61.3 cm³/mol. The fraction of sp³-hybridized carbons (Fsp3) is 0.667. The van der Waals surface area contributed by atoms with Crippen molar-refractivity contribution in [2.45, 2.75) is 26.8 Å². The van der Waals surface area contributed by atoms with Gasteiger partial charge >= 0.3 is 0 Å². The highest BCUT2D eigenvalue weighted by Gasteiger charge is 2.22. The van der Waals surface area contributed by atoms with E-state index in [0.717, 1.165) is 11.3 Å². The topological polar surface area (TPSA) is 46.1 Å². The summed E-state index contributed by atoms with van der Waals surface area (Å²) in [5.74, 6) is 0.281. The normalized spacial score (nSPS) is 12.9. The number of halogens is 1. The highest BCUT2D eigenvalue weighted by atomic mass is 35.5. The van der Waals surface area contributed by atoms with Crippen LogP contribution in [0.25, 0.3) is 0 Å². The first kappa shape index (κ1) is 12.4. The van der Waals surface area contributed by atoms with Gasteiger partial charge in [0.2, 0.25) is 9.47 Å². The van der Waals surface area contributed by atoms with Crippen molar-refractivity contribution in [2.75, 3.05) is 7.05 Å². The molecular weight excluding hydrogens is 234 g/mol. The van der Waals surface area contributed by atoms with Gasteiger partial charge in [-0.2, -0.15) is 0 Å². The zero-order chi connectivity index (χ0) is 11.6. The van der Waals surface area contributed by atoms with E-state index in [4.69, 9.17) is 11.6 Å². The van der Waals surface area contributed by atoms with Crippen LogP contribution in [0.2, 0.25) is 4.47 Å². The van der Waals surface area contributed by atoms with Crippen molar-refractivity contribution in [1.29, 1.82) is 0 Å². The lowest BCUT2D eigenvalue weighted by Crippen LogP contribution is -2.38. The van der Waals surface area contributed by atoms with Crippen LogP contribution in [0, 0.1) is 5.92 Å². The third kappa shape index (κ3) is 2.89. The van der Waals surface area contributed by atoms with Gasteiger partial charge in [-0.25, -0.2) is 0 Å². The summed E-state index contributed by atoms with van der Waals surface area (Å²) in [4.78, 5) is 13.5. The molecule has 0 N–H and O–H groups in total. The number of aromatic nitrogens is 2. The molecule has 0 saturated carbocycles. The minimum Gasteiger partial charge on any atom is -0.337 e. The van der Waals surface area contributed by atoms with Gasteiger partial charge in [0.05, 0.1) is 0 Å². The molecule has 84 valence electrons. The first-order chi connectivity index (χ1) is 6.93. The number of carbonyl (C=O) groups excluding carboxylic acids is 1. The molecule has 0 aliphatic heterocycles. The molecule has 1 aromatic rings. The summed E-state index contributed by atoms with van der Waals surface area (Å²) in [6, 6.07) is 0.167. The van der Waals surface area contributed by atoms with Crippen LogP contribution in [0.1, 0.15) is 30.6 Å². The number of nitrogens with zero attached hydrogens (tertiary/aromatic N) is 3. The van der Waals surface area contributed by atoms with Gasteiger partial charge in [0, 0.05) is 13.1 Å². The molecule has 0 radical (unpaired) electrons. The maximum Gasteiger partial charge on any atom is 0.284 e. The van der Waals surface area contributed by atoms with Crippen LogP contribution in [-0.2, 0) is 0 Å². The Morgan fingerprint density at radius 3 is 2.40 bits per heavy atom. The van der Waals surface area contributed by atoms with Crippen LogP contribution in [0.4, 0.5) is 0 Å². The zero-order valence-corrected chi connectivity index (χ0v) is 10.8. The van der Waals surface area contributed by atoms with Gasteiger partial charge < -0.3 is 4.90 Å². The van der Waals surface area contributed by atoms with E-state index in [2.05, 4.69) is 24.0 Å². The monoisotopic (exact) mass is 247 g/mol. The lowest BCUT2D eigenvalue weighted by Gasteiger charge is -2.26. The molecule has 0 aliphatic rings. The van der Waals surface area contributed by atoms with Crippen molar-refractivity contribution in [3.63, 3.8) is 0 Å². The largest absolute Gasteiger partial charge is 0.337 e. The van der Waals surface area contributed by atoms with Gasteiger partial charge in [-0.05, 0) is 24.4 Å². The summed E-state index contributed by atoms with van der Waals surface area (Å²) in [5, 5.41) is 7.68. The molecule has 0 bridgehead atoms. The zero-order valence-electron chi connectivity index (χ0n) is 9.19. The third-order valence-electron chi connectivity index (χ3n) is 2.48. The summed E-state index contributed by atoms with van der Waals surface area (Å²) < 4.78 is 0.295. The quantitative estimate of drug-likeness (QED) is 0.824. The summed E-state index contributed by atoms with van der Waals surface area (Å²) in [7, 11) is 1.77. The van der Waals surface area contributed by atoms with E-state index in [1.807, 2.05) is 6.92 Å². The number of rotatable bonds is 3. The van der Waals surface area contributed by atoms with Crippen molar-refractivity contribution >= 4 is 28.8 Å². The van der Waals surface area contributed by atoms with Crippen LogP contribution in [0.5, 0.6) is 0 Å². The summed E-state index contributed by atoms with van der Waals surface area (Å²) in [5.41, 5.74) is 0. The first-order valence-electron chi connectivity index (χ1n) is 4.69. The Labute approximate surface area is 98.3 Å². The van der Waals surface area contributed by atoms with Crippen molar-refractivity contribution in [3.05, 3.63) is 9.47 Å². The summed E-state index contributed by atoms with van der Waals surface area (Å²) in [6.07, 6.45) is 0. The molecule has 0 fully saturated rings. The fourth-order valence-corrected chi connectivity index (χ4v) is 1.89. The van der Waals surface area contributed by atoms with E-state index in [0.29, 0.717) is 15.4 Å². The highest BCUT2D eigenvalue weighted by molar-refractivity contribution is 7.17. The molecule has 1 heterocycles. The molecule has 0 aliphatic carbocycles. The predicted octanol–water partition coefficient (Wildman–Crippen LogP) is 2.31. The average molecular weight is 248 g/mol. The molecule has 6 heteroatoms. The fourth-order valence-electron chi connectivity index (χ4n) is 1.07. The molecule has 1 atom stereocenters. The second-order valence-corrected chi connectivity index (χ2v) is 5.32. The van der Waals surface area contributed by atoms with Gasteiger partial charge in [-0.15, -0.1) is 10.2 Å². The van der Waals surface area contributed by atoms with Gasteiger partial charge in [0.25, 0.3) is 5.91 Å². The molecule has 1 amide bonds. The van der Waals surface area contributed by atoms with E-state index >= 15 is 0 Å². The van der Waals surface area contributed by atoms with Crippen LogP contribution in [0.15, 0.2) is 0 Å². The number of amides is 1. The van der Waals surface area contributed by atoms with Crippen LogP contribution in [-0.4, -0.2) is 34.1 Å². The first-order valence-corrected chi connectivity index (χ1v) is 5.89. The molecule has 0 spiro atoms. The standard InChI is InChI=1S/C9H14ClN3OS/c1-5(2)6(3)13(4)8(14)7-11-12-9(10)15-7/h5-6H,1-4H3. The average Bonchev–Trinajstić information content (AvgIpc) is 2.61. The molecule has 1 rings (SSSR count). The van der Waals surface area contributed by atoms with Gasteiger partial charge in [0.15, 0.2) is 0 Å². The molecule has 0 aromatic carbocycles. The molecule has 1 unspecified atom stereocenters. The minimum absolute atomic E-state index is 0.124. The van der Waals surface area contributed by atoms with Crippen molar-refractivity contribution < 1.29 is 4.79 Å². The van der Waals surface area contributed by atoms with Gasteiger partial charge in [0.1, 0.15) is 0 Å². The third-order valence-corrected chi connectivity index (χ3v) is 3.49. The Kier molecular flexibility index (Phi) is 4.04. The maximum atomic E-state index is 11.9. The van der Waals surface area contributed by atoms with E-state index in [1.165, 1.54) is 0 Å². The summed E-state index contributed by atoms with van der Waals surface area (Å²) >= 11 is 6.73. The Morgan fingerprint density at radius 2 is 2.00 bits per heavy atom. The van der Waals surface area contributed by atoms with E-state index in [9.17, 15) is 4.79 Å². The highest BCUT2D eigenvalue weighted by Crippen LogP contribution is 2.18. The Balaban J connectivity index is 2.77. The molecular formula is C9H14ClN3OS. The van der Waals surface area contributed by atoms with Crippen molar-refractivity contribution in [3.8, 4) is 0 Å². The van der Waals surface area contributed by atoms with Gasteiger partial charge in [-0.3, -0.25) is 4.79 Å². The molecule has 1 aromatic heterocycles. The minimum atomic E-state index is -0.124. The number of carbonyl (C=O) groups is 1. The second kappa shape index (κ2) is 4.90. The number of hydrogen-bond acceptors (Lipinski definition) is 4. The smallest absolute Gasteiger partial charge is 0.284 e. The van der Waals surface area contributed by atoms with Crippen molar-refractivity contribution in [2.24, 2.45) is 5.92 Å². The van der Waals surface area contributed by atoms with Crippen molar-refractivity contribution in [1.82, 2.24) is 15.1 Å². The van der Waals surface area contributed by atoms with E-state index in [-0.39, 0.29) is 11.9 Å². The lowest BCUT2D eigenvalue weighted by molar-refractivity contribution is 0.0706. The van der Waals surface area contributed by atoms with E-state index < -0.39 is 0 Å². The van der Waals surface area contributed by atoms with Gasteiger partial charge in [-0.1, -0.05) is 25.2 Å². The molecule has 15 heavy (non-hydrogen) atoms. The SMILES string of the molecule is CC(C)C(C)N(C)C(=O)c1nnc(Cl)s1. The maximum absolute atomic E-state index is 11.9. The lowest BCUT2D eigenvalue weighted by atomic mass is 10.1. The Morgan fingerprint density at radius 1 is 1.40 bits per heavy atom. The Hall–Kier alpha value is -0.680. The van der Waals surface area contributed by atoms with E-state index in [1.54, 1.807) is 11.9 Å².